The molecule has 1 rings (SSSR count). The molecule has 1 aromatic heterocycles. The van der Waals surface area contributed by atoms with Gasteiger partial charge in [-0.15, -0.1) is 0 Å². The Labute approximate surface area is 117 Å². The van der Waals surface area contributed by atoms with Crippen LogP contribution in [0.3, 0.4) is 0 Å². The Morgan fingerprint density at radius 2 is 2.37 bits per heavy atom. The van der Waals surface area contributed by atoms with E-state index >= 15 is 0 Å². The van der Waals surface area contributed by atoms with Crippen molar-refractivity contribution in [1.82, 2.24) is 10.5 Å². The monoisotopic (exact) mass is 290 g/mol. The van der Waals surface area contributed by atoms with E-state index in [2.05, 4.69) is 10.5 Å². The molecule has 0 spiro atoms. The molecule has 0 saturated carbocycles. The SMILES string of the molecule is COCC(O)CCNC(=O)CCc1c(C)noc1Cl. The third-order valence-electron chi connectivity index (χ3n) is 2.70. The number of nitrogens with zero attached hydrogens (tertiary/aromatic N) is 1. The van der Waals surface area contributed by atoms with Gasteiger partial charge in [0, 0.05) is 25.6 Å². The summed E-state index contributed by atoms with van der Waals surface area (Å²) < 4.78 is 9.59. The van der Waals surface area contributed by atoms with Crippen LogP contribution < -0.4 is 5.32 Å². The molecule has 2 N–H and O–H groups in total. The van der Waals surface area contributed by atoms with Crippen LogP contribution in [0, 0.1) is 6.92 Å². The van der Waals surface area contributed by atoms with E-state index in [0.29, 0.717) is 31.5 Å². The molecular formula is C12H19ClN2O4. The fraction of sp³-hybridized carbons (Fsp3) is 0.667. The summed E-state index contributed by atoms with van der Waals surface area (Å²) in [5, 5.41) is 16.1. The van der Waals surface area contributed by atoms with Crippen molar-refractivity contribution in [3.63, 3.8) is 0 Å². The van der Waals surface area contributed by atoms with E-state index in [1.165, 1.54) is 7.11 Å². The number of ether oxygens (including phenoxy) is 1. The number of aromatic nitrogens is 1. The van der Waals surface area contributed by atoms with E-state index < -0.39 is 6.10 Å². The third kappa shape index (κ3) is 5.59. The number of rotatable bonds is 8. The number of carbonyl (C=O) groups is 1. The van der Waals surface area contributed by atoms with Gasteiger partial charge in [0.25, 0.3) is 0 Å². The molecule has 0 aliphatic rings. The average molecular weight is 291 g/mol. The van der Waals surface area contributed by atoms with Gasteiger partial charge >= 0.3 is 0 Å². The van der Waals surface area contributed by atoms with Gasteiger partial charge in [0.15, 0.2) is 0 Å². The number of amides is 1. The van der Waals surface area contributed by atoms with E-state index in [4.69, 9.17) is 20.9 Å². The molecule has 0 aromatic carbocycles. The lowest BCUT2D eigenvalue weighted by molar-refractivity contribution is -0.121. The highest BCUT2D eigenvalue weighted by Crippen LogP contribution is 2.20. The van der Waals surface area contributed by atoms with E-state index in [-0.39, 0.29) is 17.7 Å². The van der Waals surface area contributed by atoms with Crippen molar-refractivity contribution in [2.75, 3.05) is 20.3 Å². The highest BCUT2D eigenvalue weighted by molar-refractivity contribution is 6.29. The van der Waals surface area contributed by atoms with Crippen molar-refractivity contribution in [2.24, 2.45) is 0 Å². The molecule has 1 heterocycles. The Kier molecular flexibility index (Phi) is 6.83. The molecule has 0 saturated heterocycles. The minimum atomic E-state index is -0.555. The molecule has 19 heavy (non-hydrogen) atoms. The molecule has 108 valence electrons. The second-order valence-corrected chi connectivity index (χ2v) is 4.61. The summed E-state index contributed by atoms with van der Waals surface area (Å²) in [6.07, 6.45) is 0.704. The fourth-order valence-corrected chi connectivity index (χ4v) is 1.89. The molecule has 0 aliphatic heterocycles. The number of hydrogen-bond donors (Lipinski definition) is 2. The number of hydrogen-bond acceptors (Lipinski definition) is 5. The van der Waals surface area contributed by atoms with Crippen molar-refractivity contribution in [3.8, 4) is 0 Å². The van der Waals surface area contributed by atoms with Gasteiger partial charge in [0.1, 0.15) is 0 Å². The van der Waals surface area contributed by atoms with Gasteiger partial charge in [-0.2, -0.15) is 0 Å². The first-order valence-corrected chi connectivity index (χ1v) is 6.46. The highest BCUT2D eigenvalue weighted by atomic mass is 35.5. The molecule has 1 amide bonds. The number of aliphatic hydroxyl groups is 1. The normalized spacial score (nSPS) is 12.4. The van der Waals surface area contributed by atoms with Gasteiger partial charge < -0.3 is 19.7 Å². The minimum absolute atomic E-state index is 0.0960. The first kappa shape index (κ1) is 15.9. The molecule has 1 atom stereocenters. The predicted octanol–water partition coefficient (Wildman–Crippen LogP) is 1.08. The maximum Gasteiger partial charge on any atom is 0.229 e. The summed E-state index contributed by atoms with van der Waals surface area (Å²) in [6.45, 7) is 2.47. The summed E-state index contributed by atoms with van der Waals surface area (Å²) in [5.74, 6) is -0.0960. The van der Waals surface area contributed by atoms with Crippen LogP contribution in [0.5, 0.6) is 0 Å². The van der Waals surface area contributed by atoms with Gasteiger partial charge in [-0.05, 0) is 31.4 Å². The Morgan fingerprint density at radius 3 is 2.95 bits per heavy atom. The van der Waals surface area contributed by atoms with Crippen LogP contribution in [0.15, 0.2) is 4.52 Å². The molecule has 7 heteroatoms. The summed E-state index contributed by atoms with van der Waals surface area (Å²) >= 11 is 5.80. The maximum atomic E-state index is 11.6. The number of aliphatic hydroxyl groups excluding tert-OH is 1. The number of halogens is 1. The number of aryl methyl sites for hydroxylation is 1. The Balaban J connectivity index is 2.22. The van der Waals surface area contributed by atoms with Crippen LogP contribution in [0.4, 0.5) is 0 Å². The number of methoxy groups -OCH3 is 1. The lowest BCUT2D eigenvalue weighted by Crippen LogP contribution is -2.28. The molecule has 0 radical (unpaired) electrons. The molecule has 1 unspecified atom stereocenters. The third-order valence-corrected chi connectivity index (χ3v) is 2.99. The summed E-state index contributed by atoms with van der Waals surface area (Å²) in [6, 6.07) is 0. The highest BCUT2D eigenvalue weighted by Gasteiger charge is 2.12. The quantitative estimate of drug-likeness (QED) is 0.748. The molecule has 0 bridgehead atoms. The fourth-order valence-electron chi connectivity index (χ4n) is 1.62. The Bertz CT molecular complexity index is 389. The molecular weight excluding hydrogens is 272 g/mol. The smallest absolute Gasteiger partial charge is 0.229 e. The number of carbonyl (C=O) groups excluding carboxylic acids is 1. The zero-order chi connectivity index (χ0) is 14.3. The van der Waals surface area contributed by atoms with Gasteiger partial charge in [0.2, 0.25) is 11.1 Å². The van der Waals surface area contributed by atoms with Crippen molar-refractivity contribution >= 4 is 17.5 Å². The predicted molar refractivity (Wildman–Crippen MR) is 70.1 cm³/mol. The van der Waals surface area contributed by atoms with Gasteiger partial charge in [-0.25, -0.2) is 0 Å². The molecule has 0 fully saturated rings. The summed E-state index contributed by atoms with van der Waals surface area (Å²) in [4.78, 5) is 11.6. The van der Waals surface area contributed by atoms with Crippen LogP contribution in [0.2, 0.25) is 5.22 Å². The van der Waals surface area contributed by atoms with Crippen molar-refractivity contribution in [1.29, 1.82) is 0 Å². The van der Waals surface area contributed by atoms with E-state index in [1.807, 2.05) is 0 Å². The van der Waals surface area contributed by atoms with Gasteiger partial charge in [0.05, 0.1) is 18.4 Å². The molecule has 0 aliphatic carbocycles. The average Bonchev–Trinajstić information content (AvgIpc) is 2.67. The Hall–Kier alpha value is -1.11. The van der Waals surface area contributed by atoms with Crippen molar-refractivity contribution in [2.45, 2.75) is 32.3 Å². The van der Waals surface area contributed by atoms with Crippen LogP contribution in [-0.4, -0.2) is 42.5 Å². The van der Waals surface area contributed by atoms with Crippen molar-refractivity contribution in [3.05, 3.63) is 16.5 Å². The molecule has 1 aromatic rings. The van der Waals surface area contributed by atoms with Crippen molar-refractivity contribution < 1.29 is 19.2 Å². The van der Waals surface area contributed by atoms with Gasteiger partial charge in [-0.3, -0.25) is 4.79 Å². The van der Waals surface area contributed by atoms with E-state index in [0.717, 1.165) is 5.56 Å². The minimum Gasteiger partial charge on any atom is -0.391 e. The zero-order valence-corrected chi connectivity index (χ0v) is 11.9. The lowest BCUT2D eigenvalue weighted by Gasteiger charge is -2.09. The maximum absolute atomic E-state index is 11.6. The van der Waals surface area contributed by atoms with E-state index in [1.54, 1.807) is 6.92 Å². The van der Waals surface area contributed by atoms with Crippen LogP contribution in [-0.2, 0) is 16.0 Å². The first-order chi connectivity index (χ1) is 9.04. The first-order valence-electron chi connectivity index (χ1n) is 6.09. The van der Waals surface area contributed by atoms with Gasteiger partial charge in [-0.1, -0.05) is 5.16 Å². The summed E-state index contributed by atoms with van der Waals surface area (Å²) in [7, 11) is 1.52. The standard InChI is InChI=1S/C12H19ClN2O4/c1-8-10(12(13)19-15-8)3-4-11(17)14-6-5-9(16)7-18-2/h9,16H,3-7H2,1-2H3,(H,14,17). The van der Waals surface area contributed by atoms with Crippen LogP contribution in [0.25, 0.3) is 0 Å². The second-order valence-electron chi connectivity index (χ2n) is 4.27. The Morgan fingerprint density at radius 1 is 1.63 bits per heavy atom. The topological polar surface area (TPSA) is 84.6 Å². The summed E-state index contributed by atoms with van der Waals surface area (Å²) in [5.41, 5.74) is 1.46. The van der Waals surface area contributed by atoms with E-state index in [9.17, 15) is 9.90 Å². The zero-order valence-electron chi connectivity index (χ0n) is 11.1. The van der Waals surface area contributed by atoms with Crippen LogP contribution >= 0.6 is 11.6 Å². The largest absolute Gasteiger partial charge is 0.391 e. The number of nitrogens with one attached hydrogen (secondary N) is 1. The van der Waals surface area contributed by atoms with Crippen LogP contribution in [0.1, 0.15) is 24.1 Å². The molecule has 6 nitrogen and oxygen atoms in total. The lowest BCUT2D eigenvalue weighted by atomic mass is 10.1. The second kappa shape index (κ2) is 8.14.